The molecule has 1 atom stereocenters. The van der Waals surface area contributed by atoms with Crippen LogP contribution in [0.2, 0.25) is 0 Å². The van der Waals surface area contributed by atoms with Gasteiger partial charge < -0.3 is 9.88 Å². The maximum Gasteiger partial charge on any atom is 0.175 e. The van der Waals surface area contributed by atoms with E-state index in [0.29, 0.717) is 4.90 Å². The van der Waals surface area contributed by atoms with Crippen LogP contribution in [-0.4, -0.2) is 30.8 Å². The smallest absolute Gasteiger partial charge is 0.175 e. The topological polar surface area (TPSA) is 64.0 Å². The molecule has 2 aromatic rings. The zero-order valence-electron chi connectivity index (χ0n) is 11.9. The first-order valence-electron chi connectivity index (χ1n) is 6.44. The number of sulfone groups is 1. The molecule has 1 heterocycles. The van der Waals surface area contributed by atoms with Crippen LogP contribution in [0.1, 0.15) is 24.4 Å². The minimum atomic E-state index is -3.21. The number of aromatic nitrogens is 2. The van der Waals surface area contributed by atoms with E-state index in [0.717, 1.165) is 17.9 Å². The Hall–Kier alpha value is -1.66. The van der Waals surface area contributed by atoms with E-state index in [1.165, 1.54) is 6.26 Å². The summed E-state index contributed by atoms with van der Waals surface area (Å²) in [6.07, 6.45) is 4.83. The van der Waals surface area contributed by atoms with Crippen molar-refractivity contribution in [3.63, 3.8) is 0 Å². The summed E-state index contributed by atoms with van der Waals surface area (Å²) in [6.45, 7) is 2.77. The first-order chi connectivity index (χ1) is 9.43. The SMILES string of the molecule is CCNC(c1cccc(S(C)(=O)=O)c1)c1nccn1C. The summed E-state index contributed by atoms with van der Waals surface area (Å²) >= 11 is 0. The molecular formula is C14H19N3O2S. The van der Waals surface area contributed by atoms with Crippen molar-refractivity contribution in [2.75, 3.05) is 12.8 Å². The fraction of sp³-hybridized carbons (Fsp3) is 0.357. The van der Waals surface area contributed by atoms with Gasteiger partial charge in [0, 0.05) is 25.7 Å². The van der Waals surface area contributed by atoms with Crippen LogP contribution >= 0.6 is 0 Å². The Balaban J connectivity index is 2.48. The van der Waals surface area contributed by atoms with Crippen LogP contribution < -0.4 is 5.32 Å². The van der Waals surface area contributed by atoms with Crippen molar-refractivity contribution in [3.05, 3.63) is 48.0 Å². The molecular weight excluding hydrogens is 274 g/mol. The molecule has 0 spiro atoms. The molecule has 20 heavy (non-hydrogen) atoms. The maximum absolute atomic E-state index is 11.7. The van der Waals surface area contributed by atoms with Gasteiger partial charge in [-0.2, -0.15) is 0 Å². The van der Waals surface area contributed by atoms with Crippen LogP contribution in [0.5, 0.6) is 0 Å². The highest BCUT2D eigenvalue weighted by Crippen LogP contribution is 2.22. The van der Waals surface area contributed by atoms with E-state index in [1.807, 2.05) is 30.8 Å². The van der Waals surface area contributed by atoms with Gasteiger partial charge in [-0.15, -0.1) is 0 Å². The molecule has 0 aliphatic heterocycles. The lowest BCUT2D eigenvalue weighted by Gasteiger charge is -2.18. The molecule has 0 bridgehead atoms. The highest BCUT2D eigenvalue weighted by molar-refractivity contribution is 7.90. The molecule has 6 heteroatoms. The second-order valence-corrected chi connectivity index (χ2v) is 6.75. The van der Waals surface area contributed by atoms with Gasteiger partial charge in [0.15, 0.2) is 9.84 Å². The fourth-order valence-corrected chi connectivity index (χ4v) is 2.82. The summed E-state index contributed by atoms with van der Waals surface area (Å²) in [4.78, 5) is 4.68. The lowest BCUT2D eigenvalue weighted by Crippen LogP contribution is -2.25. The monoisotopic (exact) mass is 293 g/mol. The lowest BCUT2D eigenvalue weighted by molar-refractivity contribution is 0.575. The summed E-state index contributed by atoms with van der Waals surface area (Å²) in [5.41, 5.74) is 0.893. The van der Waals surface area contributed by atoms with E-state index in [9.17, 15) is 8.42 Å². The summed E-state index contributed by atoms with van der Waals surface area (Å²) < 4.78 is 25.3. The number of benzene rings is 1. The van der Waals surface area contributed by atoms with E-state index in [4.69, 9.17) is 0 Å². The minimum absolute atomic E-state index is 0.123. The van der Waals surface area contributed by atoms with Gasteiger partial charge in [-0.3, -0.25) is 0 Å². The van der Waals surface area contributed by atoms with Gasteiger partial charge in [-0.25, -0.2) is 13.4 Å². The molecule has 1 N–H and O–H groups in total. The fourth-order valence-electron chi connectivity index (χ4n) is 2.14. The van der Waals surface area contributed by atoms with E-state index in [-0.39, 0.29) is 6.04 Å². The third kappa shape index (κ3) is 3.08. The Kier molecular flexibility index (Phi) is 4.25. The van der Waals surface area contributed by atoms with Crippen molar-refractivity contribution in [2.24, 2.45) is 7.05 Å². The first kappa shape index (κ1) is 14.7. The van der Waals surface area contributed by atoms with Crippen molar-refractivity contribution in [2.45, 2.75) is 17.9 Å². The van der Waals surface area contributed by atoms with E-state index in [2.05, 4.69) is 10.3 Å². The highest BCUT2D eigenvalue weighted by Gasteiger charge is 2.18. The average Bonchev–Trinajstić information content (AvgIpc) is 2.81. The van der Waals surface area contributed by atoms with Gasteiger partial charge in [0.1, 0.15) is 5.82 Å². The van der Waals surface area contributed by atoms with Gasteiger partial charge in [0.25, 0.3) is 0 Å². The summed E-state index contributed by atoms with van der Waals surface area (Å²) in [7, 11) is -1.28. The highest BCUT2D eigenvalue weighted by atomic mass is 32.2. The number of nitrogens with zero attached hydrogens (tertiary/aromatic N) is 2. The molecule has 0 aliphatic carbocycles. The molecule has 108 valence electrons. The Morgan fingerprint density at radius 1 is 1.40 bits per heavy atom. The predicted octanol–water partition coefficient (Wildman–Crippen LogP) is 1.52. The molecule has 1 aromatic carbocycles. The van der Waals surface area contributed by atoms with Crippen LogP contribution in [0.3, 0.4) is 0 Å². The molecule has 5 nitrogen and oxygen atoms in total. The number of rotatable bonds is 5. The van der Waals surface area contributed by atoms with Crippen molar-refractivity contribution >= 4 is 9.84 Å². The first-order valence-corrected chi connectivity index (χ1v) is 8.33. The van der Waals surface area contributed by atoms with Crippen LogP contribution in [0.25, 0.3) is 0 Å². The third-order valence-electron chi connectivity index (χ3n) is 3.14. The Morgan fingerprint density at radius 2 is 2.15 bits per heavy atom. The van der Waals surface area contributed by atoms with Gasteiger partial charge in [-0.1, -0.05) is 19.1 Å². The molecule has 2 rings (SSSR count). The minimum Gasteiger partial charge on any atom is -0.336 e. The Bertz CT molecular complexity index is 692. The zero-order chi connectivity index (χ0) is 14.8. The van der Waals surface area contributed by atoms with Crippen molar-refractivity contribution < 1.29 is 8.42 Å². The molecule has 0 radical (unpaired) electrons. The quantitative estimate of drug-likeness (QED) is 0.908. The van der Waals surface area contributed by atoms with Gasteiger partial charge in [0.05, 0.1) is 10.9 Å². The molecule has 0 amide bonds. The maximum atomic E-state index is 11.7. The molecule has 0 saturated carbocycles. The molecule has 1 unspecified atom stereocenters. The van der Waals surface area contributed by atoms with Crippen LogP contribution in [-0.2, 0) is 16.9 Å². The van der Waals surface area contributed by atoms with Gasteiger partial charge in [0.2, 0.25) is 0 Å². The molecule has 0 aliphatic rings. The Labute approximate surface area is 119 Å². The van der Waals surface area contributed by atoms with E-state index in [1.54, 1.807) is 24.4 Å². The van der Waals surface area contributed by atoms with Crippen molar-refractivity contribution in [3.8, 4) is 0 Å². The predicted molar refractivity (Wildman–Crippen MR) is 78.3 cm³/mol. The van der Waals surface area contributed by atoms with Crippen molar-refractivity contribution in [1.29, 1.82) is 0 Å². The number of imidazole rings is 1. The normalized spacial score (nSPS) is 13.3. The summed E-state index contributed by atoms with van der Waals surface area (Å²) in [6, 6.07) is 6.87. The van der Waals surface area contributed by atoms with Crippen LogP contribution in [0.4, 0.5) is 0 Å². The molecule has 0 fully saturated rings. The molecule has 1 aromatic heterocycles. The summed E-state index contributed by atoms with van der Waals surface area (Å²) in [5, 5.41) is 3.34. The van der Waals surface area contributed by atoms with E-state index >= 15 is 0 Å². The largest absolute Gasteiger partial charge is 0.336 e. The number of hydrogen-bond acceptors (Lipinski definition) is 4. The Morgan fingerprint density at radius 3 is 2.70 bits per heavy atom. The lowest BCUT2D eigenvalue weighted by atomic mass is 10.1. The summed E-state index contributed by atoms with van der Waals surface area (Å²) in [5.74, 6) is 0.859. The molecule has 0 saturated heterocycles. The second-order valence-electron chi connectivity index (χ2n) is 4.73. The third-order valence-corrected chi connectivity index (χ3v) is 4.25. The van der Waals surface area contributed by atoms with Crippen LogP contribution in [0, 0.1) is 0 Å². The van der Waals surface area contributed by atoms with Crippen molar-refractivity contribution in [1.82, 2.24) is 14.9 Å². The van der Waals surface area contributed by atoms with Gasteiger partial charge >= 0.3 is 0 Å². The standard InChI is InChI=1S/C14H19N3O2S/c1-4-15-13(14-16-8-9-17(14)2)11-6-5-7-12(10-11)20(3,18)19/h5-10,13,15H,4H2,1-3H3. The van der Waals surface area contributed by atoms with Gasteiger partial charge in [-0.05, 0) is 24.2 Å². The average molecular weight is 293 g/mol. The number of nitrogens with one attached hydrogen (secondary N) is 1. The zero-order valence-corrected chi connectivity index (χ0v) is 12.7. The van der Waals surface area contributed by atoms with Crippen LogP contribution in [0.15, 0.2) is 41.6 Å². The number of hydrogen-bond donors (Lipinski definition) is 1. The second kappa shape index (κ2) is 5.76. The number of aryl methyl sites for hydroxylation is 1. The van der Waals surface area contributed by atoms with E-state index < -0.39 is 9.84 Å².